The van der Waals surface area contributed by atoms with Crippen molar-refractivity contribution in [2.45, 2.75) is 45.3 Å². The molecule has 0 saturated carbocycles. The van der Waals surface area contributed by atoms with E-state index in [-0.39, 0.29) is 18.0 Å². The van der Waals surface area contributed by atoms with Gasteiger partial charge in [0.15, 0.2) is 0 Å². The number of allylic oxidation sites excluding steroid dienone is 2. The summed E-state index contributed by atoms with van der Waals surface area (Å²) in [5.41, 5.74) is 8.46. The Hall–Kier alpha value is -1.35. The van der Waals surface area contributed by atoms with Gasteiger partial charge in [-0.1, -0.05) is 18.6 Å². The van der Waals surface area contributed by atoms with E-state index < -0.39 is 0 Å². The maximum Gasteiger partial charge on any atom is 0.124 e. The van der Waals surface area contributed by atoms with Crippen molar-refractivity contribution in [3.8, 4) is 5.75 Å². The van der Waals surface area contributed by atoms with Crippen LogP contribution in [0.1, 0.15) is 44.7 Å². The molecule has 1 aliphatic heterocycles. The molecule has 0 radical (unpaired) electrons. The molecule has 108 valence electrons. The van der Waals surface area contributed by atoms with Gasteiger partial charge in [0.1, 0.15) is 17.7 Å². The number of fused-ring (bicyclic) bond motifs is 1. The van der Waals surface area contributed by atoms with Gasteiger partial charge in [0.05, 0.1) is 0 Å². The fourth-order valence-electron chi connectivity index (χ4n) is 3.67. The number of halogens is 1. The molecule has 0 bridgehead atoms. The van der Waals surface area contributed by atoms with Crippen LogP contribution in [0, 0.1) is 17.7 Å². The molecule has 0 spiro atoms. The van der Waals surface area contributed by atoms with E-state index >= 15 is 0 Å². The molecule has 1 aliphatic carbocycles. The SMILES string of the molecule is CC1=CC(C)CC(C2CC(N)c3cc(F)ccc3O2)C1. The Morgan fingerprint density at radius 2 is 2.10 bits per heavy atom. The highest BCUT2D eigenvalue weighted by atomic mass is 19.1. The molecule has 0 fully saturated rings. The third kappa shape index (κ3) is 2.59. The van der Waals surface area contributed by atoms with Crippen molar-refractivity contribution in [3.63, 3.8) is 0 Å². The Bertz CT molecular complexity index is 540. The van der Waals surface area contributed by atoms with Crippen molar-refractivity contribution < 1.29 is 9.13 Å². The van der Waals surface area contributed by atoms with Gasteiger partial charge in [-0.25, -0.2) is 4.39 Å². The molecule has 1 aromatic rings. The van der Waals surface area contributed by atoms with Crippen LogP contribution in [0.15, 0.2) is 29.8 Å². The van der Waals surface area contributed by atoms with Crippen LogP contribution < -0.4 is 10.5 Å². The van der Waals surface area contributed by atoms with Gasteiger partial charge in [0.25, 0.3) is 0 Å². The quantitative estimate of drug-likeness (QED) is 0.787. The maximum atomic E-state index is 13.3. The predicted molar refractivity (Wildman–Crippen MR) is 78.0 cm³/mol. The maximum absolute atomic E-state index is 13.3. The van der Waals surface area contributed by atoms with Crippen LogP contribution in [0.2, 0.25) is 0 Å². The van der Waals surface area contributed by atoms with E-state index in [2.05, 4.69) is 19.9 Å². The molecule has 20 heavy (non-hydrogen) atoms. The molecule has 0 aromatic heterocycles. The number of benzene rings is 1. The van der Waals surface area contributed by atoms with E-state index in [1.165, 1.54) is 17.7 Å². The van der Waals surface area contributed by atoms with Gasteiger partial charge in [-0.3, -0.25) is 0 Å². The van der Waals surface area contributed by atoms with Crippen LogP contribution in [0.3, 0.4) is 0 Å². The standard InChI is InChI=1S/C17H22FNO/c1-10-5-11(2)7-12(6-10)17-9-15(19)14-8-13(18)3-4-16(14)20-17/h3-5,8,10,12,15,17H,6-7,9,19H2,1-2H3. The second-order valence-corrected chi connectivity index (χ2v) is 6.37. The lowest BCUT2D eigenvalue weighted by molar-refractivity contribution is 0.0856. The van der Waals surface area contributed by atoms with Crippen molar-refractivity contribution in [1.29, 1.82) is 0 Å². The summed E-state index contributed by atoms with van der Waals surface area (Å²) in [4.78, 5) is 0. The summed E-state index contributed by atoms with van der Waals surface area (Å²) in [5.74, 6) is 1.63. The van der Waals surface area contributed by atoms with Crippen molar-refractivity contribution in [2.24, 2.45) is 17.6 Å². The first kappa shape index (κ1) is 13.6. The number of ether oxygens (including phenoxy) is 1. The van der Waals surface area contributed by atoms with Crippen LogP contribution in [0.5, 0.6) is 5.75 Å². The molecule has 0 saturated heterocycles. The molecule has 1 aromatic carbocycles. The predicted octanol–water partition coefficient (Wildman–Crippen LogP) is 3.97. The zero-order chi connectivity index (χ0) is 14.3. The molecule has 2 nitrogen and oxygen atoms in total. The van der Waals surface area contributed by atoms with Gasteiger partial charge in [-0.2, -0.15) is 0 Å². The van der Waals surface area contributed by atoms with E-state index in [4.69, 9.17) is 10.5 Å². The Labute approximate surface area is 119 Å². The number of hydrogen-bond acceptors (Lipinski definition) is 2. The monoisotopic (exact) mass is 275 g/mol. The highest BCUT2D eigenvalue weighted by Crippen LogP contribution is 2.40. The van der Waals surface area contributed by atoms with Crippen molar-refractivity contribution >= 4 is 0 Å². The van der Waals surface area contributed by atoms with Crippen molar-refractivity contribution in [3.05, 3.63) is 41.2 Å². The summed E-state index contributed by atoms with van der Waals surface area (Å²) in [6.45, 7) is 4.44. The fraction of sp³-hybridized carbons (Fsp3) is 0.529. The molecule has 2 aliphatic rings. The number of hydrogen-bond donors (Lipinski definition) is 1. The zero-order valence-corrected chi connectivity index (χ0v) is 12.1. The van der Waals surface area contributed by atoms with E-state index in [1.54, 1.807) is 6.07 Å². The van der Waals surface area contributed by atoms with Crippen LogP contribution in [-0.2, 0) is 0 Å². The Morgan fingerprint density at radius 1 is 1.30 bits per heavy atom. The molecular formula is C17H22FNO. The van der Waals surface area contributed by atoms with E-state index in [9.17, 15) is 4.39 Å². The lowest BCUT2D eigenvalue weighted by atomic mass is 9.78. The summed E-state index contributed by atoms with van der Waals surface area (Å²) in [7, 11) is 0. The molecule has 3 heteroatoms. The first-order chi connectivity index (χ1) is 9.52. The molecular weight excluding hydrogens is 253 g/mol. The minimum Gasteiger partial charge on any atom is -0.490 e. The highest BCUT2D eigenvalue weighted by molar-refractivity contribution is 5.38. The van der Waals surface area contributed by atoms with Gasteiger partial charge < -0.3 is 10.5 Å². The average molecular weight is 275 g/mol. The topological polar surface area (TPSA) is 35.2 Å². The third-order valence-electron chi connectivity index (χ3n) is 4.49. The normalized spacial score (nSPS) is 33.1. The average Bonchev–Trinajstić information content (AvgIpc) is 2.38. The molecule has 1 heterocycles. The summed E-state index contributed by atoms with van der Waals surface area (Å²) >= 11 is 0. The molecule has 2 N–H and O–H groups in total. The van der Waals surface area contributed by atoms with E-state index in [1.807, 2.05) is 0 Å². The zero-order valence-electron chi connectivity index (χ0n) is 12.1. The van der Waals surface area contributed by atoms with Gasteiger partial charge in [-0.05, 0) is 43.9 Å². The summed E-state index contributed by atoms with van der Waals surface area (Å²) < 4.78 is 19.4. The van der Waals surface area contributed by atoms with Gasteiger partial charge >= 0.3 is 0 Å². The van der Waals surface area contributed by atoms with Crippen LogP contribution in [-0.4, -0.2) is 6.10 Å². The van der Waals surface area contributed by atoms with Crippen LogP contribution >= 0.6 is 0 Å². The molecule has 3 rings (SSSR count). The molecule has 4 atom stereocenters. The van der Waals surface area contributed by atoms with E-state index in [0.717, 1.165) is 30.6 Å². The van der Waals surface area contributed by atoms with Crippen molar-refractivity contribution in [2.75, 3.05) is 0 Å². The second kappa shape index (κ2) is 5.21. The Morgan fingerprint density at radius 3 is 2.85 bits per heavy atom. The smallest absolute Gasteiger partial charge is 0.124 e. The minimum atomic E-state index is -0.244. The lowest BCUT2D eigenvalue weighted by Crippen LogP contribution is -2.37. The van der Waals surface area contributed by atoms with E-state index in [0.29, 0.717) is 11.8 Å². The third-order valence-corrected chi connectivity index (χ3v) is 4.49. The van der Waals surface area contributed by atoms with Gasteiger partial charge in [0, 0.05) is 23.9 Å². The first-order valence-corrected chi connectivity index (χ1v) is 7.42. The first-order valence-electron chi connectivity index (χ1n) is 7.42. The lowest BCUT2D eigenvalue weighted by Gasteiger charge is -2.37. The number of nitrogens with two attached hydrogens (primary N) is 1. The second-order valence-electron chi connectivity index (χ2n) is 6.37. The van der Waals surface area contributed by atoms with Crippen LogP contribution in [0.25, 0.3) is 0 Å². The summed E-state index contributed by atoms with van der Waals surface area (Å²) in [6, 6.07) is 4.54. The van der Waals surface area contributed by atoms with Gasteiger partial charge in [0.2, 0.25) is 0 Å². The van der Waals surface area contributed by atoms with Gasteiger partial charge in [-0.15, -0.1) is 0 Å². The molecule has 4 unspecified atom stereocenters. The van der Waals surface area contributed by atoms with Crippen LogP contribution in [0.4, 0.5) is 4.39 Å². The summed E-state index contributed by atoms with van der Waals surface area (Å²) in [5, 5.41) is 0. The molecule has 0 amide bonds. The highest BCUT2D eigenvalue weighted by Gasteiger charge is 2.34. The summed E-state index contributed by atoms with van der Waals surface area (Å²) in [6.07, 6.45) is 5.50. The Kier molecular flexibility index (Phi) is 3.55. The Balaban J connectivity index is 1.81. The largest absolute Gasteiger partial charge is 0.490 e. The number of rotatable bonds is 1. The minimum absolute atomic E-state index is 0.124. The fourth-order valence-corrected chi connectivity index (χ4v) is 3.67. The van der Waals surface area contributed by atoms with Crippen molar-refractivity contribution in [1.82, 2.24) is 0 Å².